The molecule has 1 fully saturated rings. The van der Waals surface area contributed by atoms with E-state index in [1.165, 1.54) is 17.7 Å². The van der Waals surface area contributed by atoms with Crippen molar-refractivity contribution in [1.29, 1.82) is 0 Å². The van der Waals surface area contributed by atoms with Gasteiger partial charge in [0.05, 0.1) is 12.6 Å². The van der Waals surface area contributed by atoms with Gasteiger partial charge in [-0.05, 0) is 41.7 Å². The Bertz CT molecular complexity index is 869. The first kappa shape index (κ1) is 20.0. The van der Waals surface area contributed by atoms with Gasteiger partial charge in [0.1, 0.15) is 11.9 Å². The predicted octanol–water partition coefficient (Wildman–Crippen LogP) is 2.82. The molecule has 1 amide bonds. The van der Waals surface area contributed by atoms with Crippen LogP contribution in [0.1, 0.15) is 35.6 Å². The Kier molecular flexibility index (Phi) is 5.67. The fraction of sp³-hybridized carbons (Fsp3) is 0.435. The molecule has 0 radical (unpaired) electrons. The highest BCUT2D eigenvalue weighted by Crippen LogP contribution is 2.37. The van der Waals surface area contributed by atoms with Gasteiger partial charge in [0.2, 0.25) is 0 Å². The van der Waals surface area contributed by atoms with Gasteiger partial charge < -0.3 is 20.1 Å². The highest BCUT2D eigenvalue weighted by Gasteiger charge is 2.41. The molecule has 6 heteroatoms. The van der Waals surface area contributed by atoms with Crippen LogP contribution in [0, 0.1) is 5.82 Å². The van der Waals surface area contributed by atoms with E-state index in [0.29, 0.717) is 32.6 Å². The summed E-state index contributed by atoms with van der Waals surface area (Å²) < 4.78 is 24.6. The lowest BCUT2D eigenvalue weighted by Crippen LogP contribution is -2.56. The molecule has 0 aromatic heterocycles. The number of ether oxygens (including phenoxy) is 2. The summed E-state index contributed by atoms with van der Waals surface area (Å²) in [5.41, 5.74) is 9.06. The third-order valence-electron chi connectivity index (χ3n) is 5.97. The molecule has 2 aromatic carbocycles. The van der Waals surface area contributed by atoms with Crippen LogP contribution >= 0.6 is 0 Å². The Balaban J connectivity index is 1.66. The van der Waals surface area contributed by atoms with Crippen molar-refractivity contribution in [3.63, 3.8) is 0 Å². The van der Waals surface area contributed by atoms with Gasteiger partial charge in [0.25, 0.3) is 5.91 Å². The van der Waals surface area contributed by atoms with Crippen LogP contribution in [0.25, 0.3) is 0 Å². The molecule has 0 saturated carbocycles. The largest absolute Gasteiger partial charge is 0.383 e. The SMILES string of the molecule is COC[C@@]1(N)CCO[C@@H](C(=O)N2CCc3ccccc3[C@@H]2c2ccc(F)cc2)C1. The number of hydrogen-bond donors (Lipinski definition) is 1. The number of carbonyl (C=O) groups excluding carboxylic acids is 1. The first-order valence-corrected chi connectivity index (χ1v) is 10.0. The normalized spacial score (nSPS) is 26.8. The topological polar surface area (TPSA) is 64.8 Å². The number of halogens is 1. The summed E-state index contributed by atoms with van der Waals surface area (Å²) in [4.78, 5) is 15.4. The van der Waals surface area contributed by atoms with Gasteiger partial charge in [-0.15, -0.1) is 0 Å². The van der Waals surface area contributed by atoms with E-state index in [1.807, 2.05) is 23.1 Å². The zero-order valence-electron chi connectivity index (χ0n) is 16.6. The molecule has 0 aliphatic carbocycles. The zero-order chi connectivity index (χ0) is 20.4. The van der Waals surface area contributed by atoms with E-state index in [2.05, 4.69) is 6.07 Å². The number of nitrogens with two attached hydrogens (primary N) is 1. The molecule has 154 valence electrons. The average molecular weight is 398 g/mol. The summed E-state index contributed by atoms with van der Waals surface area (Å²) in [5.74, 6) is -0.363. The minimum atomic E-state index is -0.600. The minimum absolute atomic E-state index is 0.0699. The molecule has 0 bridgehead atoms. The van der Waals surface area contributed by atoms with Gasteiger partial charge in [-0.3, -0.25) is 4.79 Å². The van der Waals surface area contributed by atoms with Crippen LogP contribution in [0.5, 0.6) is 0 Å². The molecule has 1 saturated heterocycles. The average Bonchev–Trinajstić information content (AvgIpc) is 2.73. The number of hydrogen-bond acceptors (Lipinski definition) is 4. The minimum Gasteiger partial charge on any atom is -0.383 e. The third kappa shape index (κ3) is 4.06. The lowest BCUT2D eigenvalue weighted by molar-refractivity contribution is -0.152. The number of methoxy groups -OCH3 is 1. The fourth-order valence-electron chi connectivity index (χ4n) is 4.51. The first-order valence-electron chi connectivity index (χ1n) is 10.0. The highest BCUT2D eigenvalue weighted by atomic mass is 19.1. The summed E-state index contributed by atoms with van der Waals surface area (Å²) in [5, 5.41) is 0. The summed E-state index contributed by atoms with van der Waals surface area (Å²) in [6.07, 6.45) is 1.26. The van der Waals surface area contributed by atoms with Crippen LogP contribution < -0.4 is 5.73 Å². The molecule has 2 N–H and O–H groups in total. The molecule has 0 spiro atoms. The second-order valence-electron chi connectivity index (χ2n) is 8.04. The van der Waals surface area contributed by atoms with Gasteiger partial charge in [-0.25, -0.2) is 4.39 Å². The Labute approximate surface area is 170 Å². The summed E-state index contributed by atoms with van der Waals surface area (Å²) in [7, 11) is 1.62. The van der Waals surface area contributed by atoms with Crippen molar-refractivity contribution in [1.82, 2.24) is 4.90 Å². The van der Waals surface area contributed by atoms with Crippen molar-refractivity contribution in [2.75, 3.05) is 26.9 Å². The van der Waals surface area contributed by atoms with Crippen molar-refractivity contribution in [2.24, 2.45) is 5.73 Å². The number of nitrogens with zero attached hydrogens (tertiary/aromatic N) is 1. The van der Waals surface area contributed by atoms with Gasteiger partial charge >= 0.3 is 0 Å². The van der Waals surface area contributed by atoms with Crippen molar-refractivity contribution < 1.29 is 18.7 Å². The van der Waals surface area contributed by atoms with E-state index >= 15 is 0 Å². The molecule has 2 aliphatic heterocycles. The molecule has 2 aromatic rings. The number of rotatable bonds is 4. The lowest BCUT2D eigenvalue weighted by atomic mass is 9.85. The summed E-state index contributed by atoms with van der Waals surface area (Å²) >= 11 is 0. The Morgan fingerprint density at radius 3 is 2.79 bits per heavy atom. The van der Waals surface area contributed by atoms with Crippen molar-refractivity contribution >= 4 is 5.91 Å². The van der Waals surface area contributed by atoms with Gasteiger partial charge in [-0.1, -0.05) is 36.4 Å². The van der Waals surface area contributed by atoms with Crippen LogP contribution in [0.3, 0.4) is 0 Å². The first-order chi connectivity index (χ1) is 14.0. The Morgan fingerprint density at radius 2 is 2.03 bits per heavy atom. The monoisotopic (exact) mass is 398 g/mol. The van der Waals surface area contributed by atoms with E-state index in [9.17, 15) is 9.18 Å². The van der Waals surface area contributed by atoms with E-state index in [0.717, 1.165) is 17.5 Å². The second-order valence-corrected chi connectivity index (χ2v) is 8.04. The number of carbonyl (C=O) groups is 1. The molecule has 3 atom stereocenters. The highest BCUT2D eigenvalue weighted by molar-refractivity contribution is 5.82. The molecular formula is C23H27FN2O3. The van der Waals surface area contributed by atoms with E-state index in [-0.39, 0.29) is 17.8 Å². The zero-order valence-corrected chi connectivity index (χ0v) is 16.6. The Hall–Kier alpha value is -2.28. The van der Waals surface area contributed by atoms with Crippen LogP contribution in [0.2, 0.25) is 0 Å². The molecule has 0 unspecified atom stereocenters. The van der Waals surface area contributed by atoms with Crippen molar-refractivity contribution in [3.8, 4) is 0 Å². The van der Waals surface area contributed by atoms with Crippen LogP contribution in [0.4, 0.5) is 4.39 Å². The number of benzene rings is 2. The van der Waals surface area contributed by atoms with Gasteiger partial charge in [0, 0.05) is 32.2 Å². The van der Waals surface area contributed by atoms with Crippen molar-refractivity contribution in [2.45, 2.75) is 36.9 Å². The molecular weight excluding hydrogens is 371 g/mol. The maximum atomic E-state index is 13.5. The van der Waals surface area contributed by atoms with E-state index < -0.39 is 11.6 Å². The van der Waals surface area contributed by atoms with Crippen molar-refractivity contribution in [3.05, 3.63) is 71.0 Å². The molecule has 29 heavy (non-hydrogen) atoms. The quantitative estimate of drug-likeness (QED) is 0.860. The van der Waals surface area contributed by atoms with Gasteiger partial charge in [-0.2, -0.15) is 0 Å². The van der Waals surface area contributed by atoms with Gasteiger partial charge in [0.15, 0.2) is 0 Å². The Morgan fingerprint density at radius 1 is 1.28 bits per heavy atom. The predicted molar refractivity (Wildman–Crippen MR) is 108 cm³/mol. The molecule has 2 heterocycles. The second kappa shape index (κ2) is 8.22. The number of amides is 1. The maximum Gasteiger partial charge on any atom is 0.252 e. The standard InChI is InChI=1S/C23H27FN2O3/c1-28-15-23(25)11-13-29-20(14-23)22(27)26-12-10-16-4-2-3-5-19(16)21(26)17-6-8-18(24)9-7-17/h2-9,20-21H,10-15,25H2,1H3/t20-,21+,23-/m1/s1. The molecule has 4 rings (SSSR count). The lowest BCUT2D eigenvalue weighted by Gasteiger charge is -2.42. The summed E-state index contributed by atoms with van der Waals surface area (Å²) in [6.45, 7) is 1.41. The van der Waals surface area contributed by atoms with Crippen LogP contribution in [-0.2, 0) is 20.7 Å². The summed E-state index contributed by atoms with van der Waals surface area (Å²) in [6, 6.07) is 14.2. The fourth-order valence-corrected chi connectivity index (χ4v) is 4.51. The van der Waals surface area contributed by atoms with Crippen LogP contribution in [0.15, 0.2) is 48.5 Å². The molecule has 2 aliphatic rings. The van der Waals surface area contributed by atoms with E-state index in [1.54, 1.807) is 19.2 Å². The van der Waals surface area contributed by atoms with Crippen LogP contribution in [-0.4, -0.2) is 49.3 Å². The number of fused-ring (bicyclic) bond motifs is 1. The molecule has 5 nitrogen and oxygen atoms in total. The third-order valence-corrected chi connectivity index (χ3v) is 5.97. The smallest absolute Gasteiger partial charge is 0.252 e. The maximum absolute atomic E-state index is 13.5. The van der Waals surface area contributed by atoms with E-state index in [4.69, 9.17) is 15.2 Å².